The summed E-state index contributed by atoms with van der Waals surface area (Å²) in [5, 5.41) is 5.33. The third kappa shape index (κ3) is 2.53. The summed E-state index contributed by atoms with van der Waals surface area (Å²) in [5.41, 5.74) is 0.313. The third-order valence-corrected chi connectivity index (χ3v) is 3.10. The lowest BCUT2D eigenvalue weighted by atomic mass is 10.1. The molecule has 0 atom stereocenters. The van der Waals surface area contributed by atoms with Gasteiger partial charge in [-0.25, -0.2) is 0 Å². The molecule has 0 saturated carbocycles. The first-order valence-electron chi connectivity index (χ1n) is 4.81. The molecule has 0 spiro atoms. The average Bonchev–Trinajstić information content (AvgIpc) is 2.26. The van der Waals surface area contributed by atoms with Crippen molar-refractivity contribution in [2.75, 3.05) is 0 Å². The molecule has 1 heterocycles. The van der Waals surface area contributed by atoms with E-state index in [1.54, 1.807) is 18.2 Å². The number of nitrogens with one attached hydrogen (secondary N) is 2. The van der Waals surface area contributed by atoms with Crippen molar-refractivity contribution >= 4 is 58.4 Å². The first-order valence-corrected chi connectivity index (χ1v) is 5.98. The standard InChI is InChI=1S/C11H6Cl2N2O2S/c12-7-2-1-3-8(13)5(7)4-6-9(16)14-11(18)15-10(6)17/h1-4H,(H2,14,15,16,17,18). The van der Waals surface area contributed by atoms with Gasteiger partial charge in [-0.1, -0.05) is 29.3 Å². The largest absolute Gasteiger partial charge is 0.299 e. The number of amides is 2. The summed E-state index contributed by atoms with van der Waals surface area (Å²) >= 11 is 16.6. The highest BCUT2D eigenvalue weighted by Gasteiger charge is 2.26. The van der Waals surface area contributed by atoms with Crippen LogP contribution < -0.4 is 10.6 Å². The zero-order valence-corrected chi connectivity index (χ0v) is 11.1. The number of carbonyl (C=O) groups is 2. The maximum Gasteiger partial charge on any atom is 0.263 e. The summed E-state index contributed by atoms with van der Waals surface area (Å²) in [6, 6.07) is 4.90. The number of carbonyl (C=O) groups excluding carboxylic acids is 2. The van der Waals surface area contributed by atoms with Crippen LogP contribution in [0.5, 0.6) is 0 Å². The van der Waals surface area contributed by atoms with Crippen molar-refractivity contribution < 1.29 is 9.59 Å². The summed E-state index contributed by atoms with van der Waals surface area (Å²) in [6.07, 6.45) is 1.33. The van der Waals surface area contributed by atoms with Crippen LogP contribution in [0.25, 0.3) is 6.08 Å². The minimum atomic E-state index is -0.584. The minimum absolute atomic E-state index is 0.0209. The predicted molar refractivity (Wildman–Crippen MR) is 73.3 cm³/mol. The Morgan fingerprint density at radius 2 is 1.56 bits per heavy atom. The Bertz CT molecular complexity index is 556. The first kappa shape index (κ1) is 13.0. The molecule has 0 aliphatic carbocycles. The quantitative estimate of drug-likeness (QED) is 0.473. The van der Waals surface area contributed by atoms with E-state index < -0.39 is 11.8 Å². The van der Waals surface area contributed by atoms with Gasteiger partial charge in [0.25, 0.3) is 11.8 Å². The second kappa shape index (κ2) is 5.06. The van der Waals surface area contributed by atoms with E-state index in [-0.39, 0.29) is 10.7 Å². The molecule has 1 aromatic rings. The number of thiocarbonyl (C=S) groups is 1. The number of benzene rings is 1. The fraction of sp³-hybridized carbons (Fsp3) is 0. The molecule has 0 aromatic heterocycles. The lowest BCUT2D eigenvalue weighted by Gasteiger charge is -2.16. The van der Waals surface area contributed by atoms with Gasteiger partial charge in [-0.15, -0.1) is 0 Å². The van der Waals surface area contributed by atoms with E-state index in [1.807, 2.05) is 0 Å². The normalized spacial score (nSPS) is 15.2. The minimum Gasteiger partial charge on any atom is -0.299 e. The molecule has 1 aliphatic heterocycles. The van der Waals surface area contributed by atoms with Crippen molar-refractivity contribution in [3.8, 4) is 0 Å². The van der Waals surface area contributed by atoms with Gasteiger partial charge in [0.05, 0.1) is 0 Å². The van der Waals surface area contributed by atoms with Gasteiger partial charge in [-0.3, -0.25) is 20.2 Å². The summed E-state index contributed by atoms with van der Waals surface area (Å²) < 4.78 is 0. The number of hydrogen-bond acceptors (Lipinski definition) is 3. The van der Waals surface area contributed by atoms with Crippen LogP contribution in [0.1, 0.15) is 5.56 Å². The molecule has 2 rings (SSSR count). The molecule has 2 amide bonds. The van der Waals surface area contributed by atoms with Gasteiger partial charge in [-0.05, 0) is 30.4 Å². The van der Waals surface area contributed by atoms with Crippen LogP contribution in [0, 0.1) is 0 Å². The van der Waals surface area contributed by atoms with Crippen molar-refractivity contribution in [1.29, 1.82) is 0 Å². The second-order valence-corrected chi connectivity index (χ2v) is 4.65. The van der Waals surface area contributed by atoms with Gasteiger partial charge in [0.1, 0.15) is 5.57 Å². The Balaban J connectivity index is 2.47. The molecule has 1 aliphatic rings. The lowest BCUT2D eigenvalue weighted by Crippen LogP contribution is -2.51. The van der Waals surface area contributed by atoms with Crippen molar-refractivity contribution in [3.63, 3.8) is 0 Å². The second-order valence-electron chi connectivity index (χ2n) is 3.43. The maximum atomic E-state index is 11.6. The van der Waals surface area contributed by atoms with E-state index in [0.717, 1.165) is 0 Å². The van der Waals surface area contributed by atoms with Crippen LogP contribution in [-0.2, 0) is 9.59 Å². The lowest BCUT2D eigenvalue weighted by molar-refractivity contribution is -0.123. The van der Waals surface area contributed by atoms with Gasteiger partial charge in [0, 0.05) is 15.6 Å². The van der Waals surface area contributed by atoms with Crippen molar-refractivity contribution in [2.24, 2.45) is 0 Å². The third-order valence-electron chi connectivity index (χ3n) is 2.23. The van der Waals surface area contributed by atoms with Crippen LogP contribution in [0.3, 0.4) is 0 Å². The number of rotatable bonds is 1. The van der Waals surface area contributed by atoms with Gasteiger partial charge in [-0.2, -0.15) is 0 Å². The maximum absolute atomic E-state index is 11.6. The smallest absolute Gasteiger partial charge is 0.263 e. The molecule has 92 valence electrons. The Morgan fingerprint density at radius 3 is 2.06 bits per heavy atom. The molecular formula is C11H6Cl2N2O2S. The summed E-state index contributed by atoms with van der Waals surface area (Å²) in [4.78, 5) is 23.3. The molecule has 4 nitrogen and oxygen atoms in total. The van der Waals surface area contributed by atoms with Crippen LogP contribution in [-0.4, -0.2) is 16.9 Å². The zero-order valence-electron chi connectivity index (χ0n) is 8.79. The van der Waals surface area contributed by atoms with Crippen molar-refractivity contribution in [3.05, 3.63) is 39.4 Å². The Kier molecular flexibility index (Phi) is 3.65. The van der Waals surface area contributed by atoms with E-state index in [0.29, 0.717) is 15.6 Å². The number of hydrogen-bond donors (Lipinski definition) is 2. The highest BCUT2D eigenvalue weighted by Crippen LogP contribution is 2.26. The van der Waals surface area contributed by atoms with E-state index in [4.69, 9.17) is 23.2 Å². The van der Waals surface area contributed by atoms with Crippen LogP contribution in [0.4, 0.5) is 0 Å². The van der Waals surface area contributed by atoms with Gasteiger partial charge < -0.3 is 0 Å². The Labute approximate surface area is 118 Å². The Hall–Kier alpha value is -1.43. The molecule has 1 saturated heterocycles. The predicted octanol–water partition coefficient (Wildman–Crippen LogP) is 1.91. The van der Waals surface area contributed by atoms with Crippen molar-refractivity contribution in [1.82, 2.24) is 10.6 Å². The molecule has 2 N–H and O–H groups in total. The van der Waals surface area contributed by atoms with Crippen molar-refractivity contribution in [2.45, 2.75) is 0 Å². The van der Waals surface area contributed by atoms with Crippen LogP contribution >= 0.6 is 35.4 Å². The highest BCUT2D eigenvalue weighted by molar-refractivity contribution is 7.80. The van der Waals surface area contributed by atoms with E-state index >= 15 is 0 Å². The molecule has 0 radical (unpaired) electrons. The topological polar surface area (TPSA) is 58.2 Å². The van der Waals surface area contributed by atoms with Crippen LogP contribution in [0.15, 0.2) is 23.8 Å². The first-order chi connectivity index (χ1) is 8.49. The molecule has 0 unspecified atom stereocenters. The van der Waals surface area contributed by atoms with E-state index in [1.165, 1.54) is 6.08 Å². The fourth-order valence-corrected chi connectivity index (χ4v) is 2.09. The SMILES string of the molecule is O=C1NC(=S)NC(=O)C1=Cc1c(Cl)cccc1Cl. The molecular weight excluding hydrogens is 295 g/mol. The van der Waals surface area contributed by atoms with Crippen LogP contribution in [0.2, 0.25) is 10.0 Å². The van der Waals surface area contributed by atoms with Gasteiger partial charge >= 0.3 is 0 Å². The number of halogens is 2. The monoisotopic (exact) mass is 300 g/mol. The summed E-state index contributed by atoms with van der Waals surface area (Å²) in [6.45, 7) is 0. The molecule has 0 bridgehead atoms. The molecule has 18 heavy (non-hydrogen) atoms. The molecule has 7 heteroatoms. The van der Waals surface area contributed by atoms with Gasteiger partial charge in [0.2, 0.25) is 0 Å². The van der Waals surface area contributed by atoms with E-state index in [2.05, 4.69) is 22.9 Å². The molecule has 1 aromatic carbocycles. The fourth-order valence-electron chi connectivity index (χ4n) is 1.40. The summed E-state index contributed by atoms with van der Waals surface area (Å²) in [5.74, 6) is -1.17. The molecule has 1 fully saturated rings. The highest BCUT2D eigenvalue weighted by atomic mass is 35.5. The zero-order chi connectivity index (χ0) is 13.3. The van der Waals surface area contributed by atoms with E-state index in [9.17, 15) is 9.59 Å². The summed E-state index contributed by atoms with van der Waals surface area (Å²) in [7, 11) is 0. The Morgan fingerprint density at radius 1 is 1.06 bits per heavy atom. The van der Waals surface area contributed by atoms with Gasteiger partial charge in [0.15, 0.2) is 5.11 Å². The average molecular weight is 301 g/mol.